The smallest absolute Gasteiger partial charge is 0.407 e. The summed E-state index contributed by atoms with van der Waals surface area (Å²) < 4.78 is 10.4. The van der Waals surface area contributed by atoms with E-state index in [4.69, 9.17) is 19.4 Å². The Labute approximate surface area is 348 Å². The standard InChI is InChI=1S/C44H52N10O6/c1-4-32(51-43(57)45-2)41(55)53-17-5-7-36(53)39-47-24-34(49-39)27-11-9-26(10-12-27)33-22-29-13-14-30(21-31(29)23-46-33)35-25-48-40(50-35)37-8-6-18-54(37)42(56)38(52-44(58)59-3)28-15-19-60-20-16-28/h9-14,21-25,28,32,36-38H,4-8,15-20H2,1-3H3,(H,47,49)(H,48,50)(H,52,58)(H2,45,51,57). The van der Waals surface area contributed by atoms with Gasteiger partial charge in [-0.1, -0.05) is 43.3 Å². The third-order valence-electron chi connectivity index (χ3n) is 12.1. The Morgan fingerprint density at radius 3 is 2.02 bits per heavy atom. The number of aromatic amines is 2. The first-order valence-electron chi connectivity index (χ1n) is 20.9. The first kappa shape index (κ1) is 40.5. The second-order valence-electron chi connectivity index (χ2n) is 15.7. The summed E-state index contributed by atoms with van der Waals surface area (Å²) in [5.41, 5.74) is 5.44. The van der Waals surface area contributed by atoms with Crippen LogP contribution in [-0.2, 0) is 19.1 Å². The molecule has 0 bridgehead atoms. The van der Waals surface area contributed by atoms with Crippen LogP contribution in [0.4, 0.5) is 9.59 Å². The number of fused-ring (bicyclic) bond motifs is 1. The number of pyridine rings is 1. The Morgan fingerprint density at radius 1 is 0.767 bits per heavy atom. The number of carbonyl (C=O) groups is 4. The number of aromatic nitrogens is 5. The highest BCUT2D eigenvalue weighted by Crippen LogP contribution is 2.36. The van der Waals surface area contributed by atoms with E-state index in [9.17, 15) is 19.2 Å². The minimum atomic E-state index is -0.689. The molecule has 16 nitrogen and oxygen atoms in total. The molecule has 314 valence electrons. The zero-order chi connectivity index (χ0) is 41.8. The molecule has 0 aliphatic carbocycles. The van der Waals surface area contributed by atoms with Gasteiger partial charge in [0.1, 0.15) is 23.7 Å². The van der Waals surface area contributed by atoms with Crippen LogP contribution in [0.3, 0.4) is 0 Å². The van der Waals surface area contributed by atoms with E-state index in [1.807, 2.05) is 53.4 Å². The van der Waals surface area contributed by atoms with Crippen LogP contribution in [0.1, 0.15) is 75.6 Å². The number of hydrogen-bond acceptors (Lipinski definition) is 9. The first-order valence-corrected chi connectivity index (χ1v) is 20.9. The summed E-state index contributed by atoms with van der Waals surface area (Å²) in [5, 5.41) is 10.1. The quantitative estimate of drug-likeness (QED) is 0.108. The van der Waals surface area contributed by atoms with Gasteiger partial charge in [0.15, 0.2) is 0 Å². The number of imidazole rings is 2. The molecule has 5 aromatic rings. The van der Waals surface area contributed by atoms with Crippen LogP contribution >= 0.6 is 0 Å². The van der Waals surface area contributed by atoms with Gasteiger partial charge in [0, 0.05) is 56.1 Å². The largest absolute Gasteiger partial charge is 0.453 e. The van der Waals surface area contributed by atoms with E-state index >= 15 is 0 Å². The van der Waals surface area contributed by atoms with Crippen LogP contribution in [0.5, 0.6) is 0 Å². The molecule has 0 radical (unpaired) electrons. The molecule has 8 rings (SSSR count). The summed E-state index contributed by atoms with van der Waals surface area (Å²) in [6.07, 6.45) is 10.0. The van der Waals surface area contributed by atoms with Crippen molar-refractivity contribution in [3.8, 4) is 33.8 Å². The summed E-state index contributed by atoms with van der Waals surface area (Å²) in [5.74, 6) is 1.20. The molecule has 0 saturated carbocycles. The predicted molar refractivity (Wildman–Crippen MR) is 224 cm³/mol. The van der Waals surface area contributed by atoms with Gasteiger partial charge in [-0.15, -0.1) is 0 Å². The summed E-state index contributed by atoms with van der Waals surface area (Å²) in [4.78, 5) is 76.4. The minimum Gasteiger partial charge on any atom is -0.453 e. The van der Waals surface area contributed by atoms with Crippen molar-refractivity contribution in [3.05, 3.63) is 78.8 Å². The van der Waals surface area contributed by atoms with E-state index in [0.29, 0.717) is 45.6 Å². The number of amides is 5. The van der Waals surface area contributed by atoms with Crippen molar-refractivity contribution in [1.82, 2.24) is 50.7 Å². The third-order valence-corrected chi connectivity index (χ3v) is 12.1. The fraction of sp³-hybridized carbons (Fsp3) is 0.432. The lowest BCUT2D eigenvalue weighted by Gasteiger charge is -2.34. The molecule has 2 aromatic carbocycles. The van der Waals surface area contributed by atoms with Crippen LogP contribution in [-0.4, -0.2) is 111 Å². The molecule has 60 heavy (non-hydrogen) atoms. The van der Waals surface area contributed by atoms with Crippen molar-refractivity contribution >= 4 is 34.7 Å². The van der Waals surface area contributed by atoms with E-state index in [-0.39, 0.29) is 35.8 Å². The van der Waals surface area contributed by atoms with E-state index in [1.165, 1.54) is 14.2 Å². The fourth-order valence-corrected chi connectivity index (χ4v) is 8.79. The number of urea groups is 1. The van der Waals surface area contributed by atoms with Crippen molar-refractivity contribution in [2.75, 3.05) is 40.5 Å². The van der Waals surface area contributed by atoms with Gasteiger partial charge < -0.3 is 45.2 Å². The zero-order valence-electron chi connectivity index (χ0n) is 34.2. The number of alkyl carbamates (subject to hydrolysis) is 1. The number of benzene rings is 2. The molecule has 4 unspecified atom stereocenters. The highest BCUT2D eigenvalue weighted by Gasteiger charge is 2.40. The average Bonchev–Trinajstić information content (AvgIpc) is 4.14. The predicted octanol–water partition coefficient (Wildman–Crippen LogP) is 5.87. The summed E-state index contributed by atoms with van der Waals surface area (Å²) in [7, 11) is 2.84. The highest BCUT2D eigenvalue weighted by atomic mass is 16.5. The summed E-state index contributed by atoms with van der Waals surface area (Å²) in [6.45, 7) is 4.20. The number of likely N-dealkylation sites (tertiary alicyclic amines) is 2. The van der Waals surface area contributed by atoms with E-state index in [2.05, 4.69) is 55.2 Å². The van der Waals surface area contributed by atoms with E-state index in [1.54, 1.807) is 6.20 Å². The number of rotatable bonds is 11. The number of H-pyrrole nitrogens is 2. The second kappa shape index (κ2) is 17.9. The molecular formula is C44H52N10O6. The molecule has 3 saturated heterocycles. The van der Waals surface area contributed by atoms with Crippen molar-refractivity contribution in [1.29, 1.82) is 0 Å². The van der Waals surface area contributed by atoms with E-state index in [0.717, 1.165) is 81.9 Å². The molecule has 5 N–H and O–H groups in total. The van der Waals surface area contributed by atoms with Crippen molar-refractivity contribution in [2.24, 2.45) is 5.92 Å². The summed E-state index contributed by atoms with van der Waals surface area (Å²) in [6, 6.07) is 14.4. The molecule has 4 atom stereocenters. The maximum Gasteiger partial charge on any atom is 0.407 e. The molecule has 0 spiro atoms. The number of hydrogen-bond donors (Lipinski definition) is 5. The van der Waals surface area contributed by atoms with Gasteiger partial charge in [0.25, 0.3) is 0 Å². The van der Waals surface area contributed by atoms with Crippen LogP contribution < -0.4 is 16.0 Å². The molecular weight excluding hydrogens is 765 g/mol. The number of ether oxygens (including phenoxy) is 2. The maximum absolute atomic E-state index is 14.0. The average molecular weight is 817 g/mol. The molecule has 6 heterocycles. The van der Waals surface area contributed by atoms with E-state index < -0.39 is 18.2 Å². The van der Waals surface area contributed by atoms with Gasteiger partial charge in [0.2, 0.25) is 11.8 Å². The number of nitrogens with one attached hydrogen (secondary N) is 5. The normalized spacial score (nSPS) is 19.2. The molecule has 3 aromatic heterocycles. The van der Waals surface area contributed by atoms with Crippen molar-refractivity contribution in [2.45, 2.75) is 76.0 Å². The fourth-order valence-electron chi connectivity index (χ4n) is 8.79. The van der Waals surface area contributed by atoms with Crippen LogP contribution in [0.15, 0.2) is 67.1 Å². The maximum atomic E-state index is 14.0. The van der Waals surface area contributed by atoms with Crippen molar-refractivity contribution < 1.29 is 28.7 Å². The van der Waals surface area contributed by atoms with Crippen LogP contribution in [0.2, 0.25) is 0 Å². The lowest BCUT2D eigenvalue weighted by atomic mass is 9.90. The molecule has 5 amide bonds. The Hall–Kier alpha value is -6.29. The molecule has 3 fully saturated rings. The van der Waals surface area contributed by atoms with Gasteiger partial charge in [-0.25, -0.2) is 19.6 Å². The minimum absolute atomic E-state index is 0.0315. The first-order chi connectivity index (χ1) is 29.2. The van der Waals surface area contributed by atoms with Gasteiger partial charge in [-0.05, 0) is 73.9 Å². The highest BCUT2D eigenvalue weighted by molar-refractivity contribution is 5.90. The van der Waals surface area contributed by atoms with Gasteiger partial charge in [0.05, 0.1) is 48.7 Å². The number of methoxy groups -OCH3 is 1. The molecule has 3 aliphatic rings. The third kappa shape index (κ3) is 8.41. The summed E-state index contributed by atoms with van der Waals surface area (Å²) >= 11 is 0. The number of carbonyl (C=O) groups excluding carboxylic acids is 4. The van der Waals surface area contributed by atoms with Gasteiger partial charge in [-0.2, -0.15) is 0 Å². The lowest BCUT2D eigenvalue weighted by molar-refractivity contribution is -0.137. The monoisotopic (exact) mass is 816 g/mol. The number of nitrogens with zero attached hydrogens (tertiary/aromatic N) is 5. The Morgan fingerprint density at radius 2 is 1.38 bits per heavy atom. The van der Waals surface area contributed by atoms with Crippen LogP contribution in [0.25, 0.3) is 44.5 Å². The van der Waals surface area contributed by atoms with Crippen LogP contribution in [0, 0.1) is 5.92 Å². The lowest BCUT2D eigenvalue weighted by Crippen LogP contribution is -2.53. The molecule has 3 aliphatic heterocycles. The zero-order valence-corrected chi connectivity index (χ0v) is 34.2. The SMILES string of the molecule is CCC(NC(=O)NC)C(=O)N1CCCC1c1ncc(-c2ccc(-c3cc4ccc(-c5cnc(C6CCCN6C(=O)C(NC(=O)OC)C6CCOCC6)[nH]5)cc4cn3)cc2)[nH]1. The van der Waals surface area contributed by atoms with Crippen molar-refractivity contribution in [3.63, 3.8) is 0 Å². The Balaban J connectivity index is 0.935. The van der Waals surface area contributed by atoms with Gasteiger partial charge in [-0.3, -0.25) is 14.6 Å². The second-order valence-corrected chi connectivity index (χ2v) is 15.7. The Bertz CT molecular complexity index is 2340. The topological polar surface area (TPSA) is 200 Å². The Kier molecular flexibility index (Phi) is 12.1. The van der Waals surface area contributed by atoms with Gasteiger partial charge >= 0.3 is 12.1 Å². The molecule has 16 heteroatoms.